The molecule has 0 spiro atoms. The molecule has 0 atom stereocenters. The van der Waals surface area contributed by atoms with Gasteiger partial charge in [-0.1, -0.05) is 0 Å². The Hall–Kier alpha value is -2.70. The molecule has 0 saturated heterocycles. The maximum Gasteiger partial charge on any atom is 0.240 e. The van der Waals surface area contributed by atoms with Gasteiger partial charge in [0.15, 0.2) is 0 Å². The zero-order valence-corrected chi connectivity index (χ0v) is 9.96. The summed E-state index contributed by atoms with van der Waals surface area (Å²) in [5, 5.41) is 10.1. The Bertz CT molecular complexity index is 644. The van der Waals surface area contributed by atoms with Crippen LogP contribution in [0.15, 0.2) is 24.4 Å². The Morgan fingerprint density at radius 2 is 2.26 bits per heavy atom. The van der Waals surface area contributed by atoms with Gasteiger partial charge in [-0.2, -0.15) is 5.10 Å². The van der Waals surface area contributed by atoms with Gasteiger partial charge in [0, 0.05) is 5.56 Å². The van der Waals surface area contributed by atoms with Crippen molar-refractivity contribution in [2.45, 2.75) is 6.42 Å². The van der Waals surface area contributed by atoms with Crippen molar-refractivity contribution in [2.75, 3.05) is 17.7 Å². The number of nitrogens with one attached hydrogen (secondary N) is 1. The molecule has 7 heteroatoms. The molecule has 1 aromatic heterocycles. The number of hydrogen-bond acceptors (Lipinski definition) is 6. The summed E-state index contributed by atoms with van der Waals surface area (Å²) in [5.74, 6) is 0.675. The summed E-state index contributed by atoms with van der Waals surface area (Å²) >= 11 is 0. The first kappa shape index (κ1) is 11.4. The molecule has 3 rings (SSSR count). The highest BCUT2D eigenvalue weighted by Gasteiger charge is 2.15. The minimum Gasteiger partial charge on any atom is -0.491 e. The molecule has 19 heavy (non-hydrogen) atoms. The van der Waals surface area contributed by atoms with E-state index in [9.17, 15) is 4.79 Å². The van der Waals surface area contributed by atoms with Crippen LogP contribution in [0, 0.1) is 0 Å². The third-order valence-electron chi connectivity index (χ3n) is 2.71. The minimum atomic E-state index is -0.0729. The summed E-state index contributed by atoms with van der Waals surface area (Å²) in [6.07, 6.45) is 1.85. The lowest BCUT2D eigenvalue weighted by Gasteiger charge is -2.09. The summed E-state index contributed by atoms with van der Waals surface area (Å²) in [6.45, 7) is 0.375. The van der Waals surface area contributed by atoms with Crippen LogP contribution in [-0.4, -0.2) is 27.7 Å². The van der Waals surface area contributed by atoms with Crippen molar-refractivity contribution >= 4 is 17.5 Å². The van der Waals surface area contributed by atoms with E-state index in [1.165, 1.54) is 6.20 Å². The normalized spacial score (nSPS) is 14.0. The average Bonchev–Trinajstić information content (AvgIpc) is 2.58. The molecule has 2 heterocycles. The lowest BCUT2D eigenvalue weighted by molar-refractivity contribution is -0.116. The second kappa shape index (κ2) is 4.52. The van der Waals surface area contributed by atoms with Crippen LogP contribution < -0.4 is 15.8 Å². The summed E-state index contributed by atoms with van der Waals surface area (Å²) in [6, 6.07) is 5.40. The SMILES string of the molecule is Nc1nncc(-c2ccc3c(c2)NC(=O)CCO3)n1. The summed E-state index contributed by atoms with van der Waals surface area (Å²) in [7, 11) is 0. The van der Waals surface area contributed by atoms with Crippen LogP contribution in [0.25, 0.3) is 11.3 Å². The van der Waals surface area contributed by atoms with Crippen molar-refractivity contribution in [3.05, 3.63) is 24.4 Å². The highest BCUT2D eigenvalue weighted by Crippen LogP contribution is 2.31. The van der Waals surface area contributed by atoms with Gasteiger partial charge < -0.3 is 15.8 Å². The van der Waals surface area contributed by atoms with E-state index < -0.39 is 0 Å². The maximum atomic E-state index is 11.5. The van der Waals surface area contributed by atoms with E-state index in [1.807, 2.05) is 6.07 Å². The Morgan fingerprint density at radius 1 is 1.37 bits per heavy atom. The summed E-state index contributed by atoms with van der Waals surface area (Å²) in [4.78, 5) is 15.6. The van der Waals surface area contributed by atoms with E-state index in [4.69, 9.17) is 10.5 Å². The van der Waals surface area contributed by atoms with Gasteiger partial charge in [0.05, 0.1) is 30.6 Å². The third kappa shape index (κ3) is 2.30. The average molecular weight is 257 g/mol. The number of rotatable bonds is 1. The summed E-state index contributed by atoms with van der Waals surface area (Å²) < 4.78 is 5.48. The largest absolute Gasteiger partial charge is 0.491 e. The van der Waals surface area contributed by atoms with E-state index >= 15 is 0 Å². The number of carbonyl (C=O) groups excluding carboxylic acids is 1. The number of hydrogen-bond donors (Lipinski definition) is 2. The van der Waals surface area contributed by atoms with Gasteiger partial charge >= 0.3 is 0 Å². The fraction of sp³-hybridized carbons (Fsp3) is 0.167. The van der Waals surface area contributed by atoms with Crippen LogP contribution in [0.4, 0.5) is 11.6 Å². The highest BCUT2D eigenvalue weighted by molar-refractivity contribution is 5.93. The van der Waals surface area contributed by atoms with Crippen molar-refractivity contribution in [1.29, 1.82) is 0 Å². The number of anilines is 2. The van der Waals surface area contributed by atoms with Crippen LogP contribution in [0.2, 0.25) is 0 Å². The molecule has 1 aliphatic rings. The summed E-state index contributed by atoms with van der Waals surface area (Å²) in [5.41, 5.74) is 7.50. The van der Waals surface area contributed by atoms with Crippen LogP contribution in [-0.2, 0) is 4.79 Å². The monoisotopic (exact) mass is 257 g/mol. The second-order valence-corrected chi connectivity index (χ2v) is 4.06. The van der Waals surface area contributed by atoms with Crippen LogP contribution >= 0.6 is 0 Å². The first-order valence-electron chi connectivity index (χ1n) is 5.74. The Labute approximate surface area is 108 Å². The molecule has 0 fully saturated rings. The molecule has 1 aliphatic heterocycles. The molecule has 1 aromatic carbocycles. The number of fused-ring (bicyclic) bond motifs is 1. The Balaban J connectivity index is 2.03. The van der Waals surface area contributed by atoms with Crippen LogP contribution in [0.5, 0.6) is 5.75 Å². The first-order chi connectivity index (χ1) is 9.22. The molecular formula is C12H11N5O2. The van der Waals surface area contributed by atoms with E-state index in [2.05, 4.69) is 20.5 Å². The molecule has 3 N–H and O–H groups in total. The molecular weight excluding hydrogens is 246 g/mol. The van der Waals surface area contributed by atoms with Crippen molar-refractivity contribution in [2.24, 2.45) is 0 Å². The number of nitrogens with zero attached hydrogens (tertiary/aromatic N) is 3. The predicted molar refractivity (Wildman–Crippen MR) is 68.4 cm³/mol. The number of amides is 1. The van der Waals surface area contributed by atoms with E-state index in [-0.39, 0.29) is 11.9 Å². The molecule has 0 bridgehead atoms. The topological polar surface area (TPSA) is 103 Å². The zero-order chi connectivity index (χ0) is 13.2. The van der Waals surface area contributed by atoms with Crippen LogP contribution in [0.1, 0.15) is 6.42 Å². The Kier molecular flexibility index (Phi) is 2.71. The lowest BCUT2D eigenvalue weighted by atomic mass is 10.1. The number of nitrogen functional groups attached to an aromatic ring is 1. The molecule has 96 valence electrons. The Morgan fingerprint density at radius 3 is 3.11 bits per heavy atom. The van der Waals surface area contributed by atoms with Gasteiger partial charge in [-0.3, -0.25) is 4.79 Å². The highest BCUT2D eigenvalue weighted by atomic mass is 16.5. The number of nitrogens with two attached hydrogens (primary N) is 1. The van der Waals surface area contributed by atoms with Crippen molar-refractivity contribution < 1.29 is 9.53 Å². The molecule has 1 amide bonds. The van der Waals surface area contributed by atoms with Crippen LogP contribution in [0.3, 0.4) is 0 Å². The van der Waals surface area contributed by atoms with Crippen molar-refractivity contribution in [3.63, 3.8) is 0 Å². The number of carbonyl (C=O) groups is 1. The third-order valence-corrected chi connectivity index (χ3v) is 2.71. The lowest BCUT2D eigenvalue weighted by Crippen LogP contribution is -2.10. The zero-order valence-electron chi connectivity index (χ0n) is 9.96. The quantitative estimate of drug-likeness (QED) is 0.784. The fourth-order valence-electron chi connectivity index (χ4n) is 1.84. The molecule has 0 radical (unpaired) electrons. The van der Waals surface area contributed by atoms with Crippen molar-refractivity contribution in [1.82, 2.24) is 15.2 Å². The predicted octanol–water partition coefficient (Wildman–Crippen LogP) is 0.842. The number of ether oxygens (including phenoxy) is 1. The van der Waals surface area contributed by atoms with E-state index in [1.54, 1.807) is 12.1 Å². The maximum absolute atomic E-state index is 11.5. The van der Waals surface area contributed by atoms with Crippen molar-refractivity contribution in [3.8, 4) is 17.0 Å². The van der Waals surface area contributed by atoms with E-state index in [0.29, 0.717) is 30.2 Å². The standard InChI is InChI=1S/C12H11N5O2/c13-12-16-9(6-14-17-12)7-1-2-10-8(5-7)15-11(18)3-4-19-10/h1-2,5-6H,3-4H2,(H,15,18)(H2,13,16,17). The molecule has 0 aliphatic carbocycles. The van der Waals surface area contributed by atoms with Gasteiger partial charge in [0.25, 0.3) is 0 Å². The molecule has 0 unspecified atom stereocenters. The van der Waals surface area contributed by atoms with Gasteiger partial charge in [-0.25, -0.2) is 4.98 Å². The second-order valence-electron chi connectivity index (χ2n) is 4.06. The fourth-order valence-corrected chi connectivity index (χ4v) is 1.84. The van der Waals surface area contributed by atoms with Gasteiger partial charge in [0.2, 0.25) is 11.9 Å². The molecule has 7 nitrogen and oxygen atoms in total. The van der Waals surface area contributed by atoms with E-state index in [0.717, 1.165) is 5.56 Å². The van der Waals surface area contributed by atoms with Gasteiger partial charge in [-0.15, -0.1) is 5.10 Å². The number of benzene rings is 1. The number of aromatic nitrogens is 3. The van der Waals surface area contributed by atoms with Gasteiger partial charge in [-0.05, 0) is 18.2 Å². The first-order valence-corrected chi connectivity index (χ1v) is 5.74. The smallest absolute Gasteiger partial charge is 0.240 e. The molecule has 0 saturated carbocycles. The molecule has 2 aromatic rings. The minimum absolute atomic E-state index is 0.0729. The van der Waals surface area contributed by atoms with Gasteiger partial charge in [0.1, 0.15) is 5.75 Å².